The van der Waals surface area contributed by atoms with Gasteiger partial charge in [0.25, 0.3) is 11.6 Å². The van der Waals surface area contributed by atoms with E-state index >= 15 is 0 Å². The second kappa shape index (κ2) is 10.1. The van der Waals surface area contributed by atoms with Crippen molar-refractivity contribution in [3.63, 3.8) is 0 Å². The Morgan fingerprint density at radius 2 is 1.74 bits per heavy atom. The van der Waals surface area contributed by atoms with Gasteiger partial charge < -0.3 is 19.0 Å². The second-order valence-electron chi connectivity index (χ2n) is 9.74. The van der Waals surface area contributed by atoms with Crippen LogP contribution in [-0.2, 0) is 14.8 Å². The quantitative estimate of drug-likeness (QED) is 0.366. The summed E-state index contributed by atoms with van der Waals surface area (Å²) in [6, 6.07) is 12.0. The third-order valence-electron chi connectivity index (χ3n) is 7.00. The minimum Gasteiger partial charge on any atom is -0.413 e. The number of anilines is 1. The molecule has 5 heterocycles. The molecule has 0 atom stereocenters. The van der Waals surface area contributed by atoms with Crippen molar-refractivity contribution in [2.75, 3.05) is 63.6 Å². The molecule has 0 saturated carbocycles. The van der Waals surface area contributed by atoms with Crippen LogP contribution in [0.15, 0.2) is 47.0 Å². The van der Waals surface area contributed by atoms with E-state index in [2.05, 4.69) is 20.9 Å². The Labute approximate surface area is 225 Å². The number of hydrogen-bond donors (Lipinski definition) is 0. The summed E-state index contributed by atoms with van der Waals surface area (Å²) in [5, 5.41) is 4.75. The Hall–Kier alpha value is -3.81. The van der Waals surface area contributed by atoms with Crippen molar-refractivity contribution in [3.05, 3.63) is 54.0 Å². The summed E-state index contributed by atoms with van der Waals surface area (Å²) in [5.74, 6) is 0.0779. The number of aromatic nitrogens is 4. The Bertz CT molecular complexity index is 1630. The van der Waals surface area contributed by atoms with E-state index in [1.807, 2.05) is 43.5 Å². The van der Waals surface area contributed by atoms with Crippen molar-refractivity contribution in [2.24, 2.45) is 0 Å². The van der Waals surface area contributed by atoms with Gasteiger partial charge in [0.2, 0.25) is 10.0 Å². The van der Waals surface area contributed by atoms with Crippen LogP contribution >= 0.6 is 0 Å². The number of sulfonamides is 1. The van der Waals surface area contributed by atoms with Gasteiger partial charge >= 0.3 is 5.91 Å². The fourth-order valence-electron chi connectivity index (χ4n) is 4.90. The number of pyridine rings is 1. The molecule has 4 aromatic rings. The van der Waals surface area contributed by atoms with Crippen molar-refractivity contribution >= 4 is 32.8 Å². The number of ether oxygens (including phenoxy) is 1. The molecular weight excluding hydrogens is 522 g/mol. The average Bonchev–Trinajstić information content (AvgIpc) is 3.60. The largest absolute Gasteiger partial charge is 0.413 e. The molecule has 2 saturated heterocycles. The van der Waals surface area contributed by atoms with E-state index < -0.39 is 15.9 Å². The fourth-order valence-corrected chi connectivity index (χ4v) is 5.73. The molecule has 1 amide bonds. The lowest BCUT2D eigenvalue weighted by Gasteiger charge is -2.32. The van der Waals surface area contributed by atoms with Crippen LogP contribution in [0, 0.1) is 6.92 Å². The van der Waals surface area contributed by atoms with Gasteiger partial charge in [0.15, 0.2) is 11.3 Å². The van der Waals surface area contributed by atoms with Crippen LogP contribution in [0.4, 0.5) is 5.69 Å². The highest BCUT2D eigenvalue weighted by atomic mass is 32.2. The molecule has 0 N–H and O–H groups in total. The number of aryl methyl sites for hydroxylation is 1. The maximum atomic E-state index is 13.3. The molecule has 13 heteroatoms. The number of piperazine rings is 1. The number of oxazole rings is 1. The lowest BCUT2D eigenvalue weighted by molar-refractivity contribution is 0.0660. The number of fused-ring (bicyclic) bond motifs is 1. The maximum Gasteiger partial charge on any atom is 0.309 e. The molecule has 0 bridgehead atoms. The summed E-state index contributed by atoms with van der Waals surface area (Å²) in [7, 11) is -3.31. The van der Waals surface area contributed by atoms with Crippen molar-refractivity contribution < 1.29 is 22.4 Å². The summed E-state index contributed by atoms with van der Waals surface area (Å²) >= 11 is 0. The van der Waals surface area contributed by atoms with Gasteiger partial charge in [-0.25, -0.2) is 18.1 Å². The van der Waals surface area contributed by atoms with Crippen LogP contribution in [0.3, 0.4) is 0 Å². The smallest absolute Gasteiger partial charge is 0.309 e. The second-order valence-corrected chi connectivity index (χ2v) is 11.7. The van der Waals surface area contributed by atoms with Crippen LogP contribution in [-0.4, -0.2) is 102 Å². The van der Waals surface area contributed by atoms with Crippen LogP contribution in [0.25, 0.3) is 28.3 Å². The average molecular weight is 552 g/mol. The third-order valence-corrected chi connectivity index (χ3v) is 8.30. The zero-order chi connectivity index (χ0) is 27.1. The van der Waals surface area contributed by atoms with Gasteiger partial charge in [0.1, 0.15) is 0 Å². The number of amides is 1. The Morgan fingerprint density at radius 3 is 2.46 bits per heavy atom. The molecule has 0 radical (unpaired) electrons. The van der Waals surface area contributed by atoms with E-state index in [0.29, 0.717) is 37.6 Å². The molecule has 6 rings (SSSR count). The van der Waals surface area contributed by atoms with E-state index in [0.717, 1.165) is 22.5 Å². The first kappa shape index (κ1) is 25.5. The van der Waals surface area contributed by atoms with Gasteiger partial charge in [0.05, 0.1) is 30.9 Å². The molecule has 0 aliphatic carbocycles. The standard InChI is InChI=1S/C26H29N7O5S/c1-18-4-3-5-19(16-18)20-6-7-33(29-20)22-17-21(30-12-14-37-15-13-30)23-24(27-22)38-25(28-23)26(34)31-8-10-32(11-9-31)39(2,35)36/h3-7,16-17H,8-15H2,1-2H3. The highest BCUT2D eigenvalue weighted by molar-refractivity contribution is 7.88. The van der Waals surface area contributed by atoms with Crippen molar-refractivity contribution in [2.45, 2.75) is 6.92 Å². The molecule has 1 aromatic carbocycles. The van der Waals surface area contributed by atoms with Crippen molar-refractivity contribution in [1.82, 2.24) is 29.0 Å². The van der Waals surface area contributed by atoms with Gasteiger partial charge in [-0.05, 0) is 19.1 Å². The highest BCUT2D eigenvalue weighted by Crippen LogP contribution is 2.30. The molecule has 12 nitrogen and oxygen atoms in total. The molecule has 39 heavy (non-hydrogen) atoms. The molecule has 0 unspecified atom stereocenters. The zero-order valence-electron chi connectivity index (χ0n) is 21.8. The van der Waals surface area contributed by atoms with Gasteiger partial charge in [0, 0.05) is 57.1 Å². The normalized spacial score (nSPS) is 17.2. The van der Waals surface area contributed by atoms with E-state index in [9.17, 15) is 13.2 Å². The monoisotopic (exact) mass is 551 g/mol. The molecule has 2 fully saturated rings. The minimum atomic E-state index is -3.31. The van der Waals surface area contributed by atoms with Crippen molar-refractivity contribution in [3.8, 4) is 17.1 Å². The summed E-state index contributed by atoms with van der Waals surface area (Å²) < 4.78 is 38.2. The summed E-state index contributed by atoms with van der Waals surface area (Å²) in [5.41, 5.74) is 4.48. The molecule has 2 aliphatic heterocycles. The minimum absolute atomic E-state index is 0.0714. The fraction of sp³-hybridized carbons (Fsp3) is 0.385. The summed E-state index contributed by atoms with van der Waals surface area (Å²) in [6.07, 6.45) is 3.02. The summed E-state index contributed by atoms with van der Waals surface area (Å²) in [6.45, 7) is 5.50. The molecule has 2 aliphatic rings. The van der Waals surface area contributed by atoms with E-state index in [4.69, 9.17) is 14.3 Å². The first-order valence-electron chi connectivity index (χ1n) is 12.8. The third kappa shape index (κ3) is 5.12. The van der Waals surface area contributed by atoms with Crippen molar-refractivity contribution in [1.29, 1.82) is 0 Å². The number of hydrogen-bond acceptors (Lipinski definition) is 9. The molecule has 3 aromatic heterocycles. The zero-order valence-corrected chi connectivity index (χ0v) is 22.6. The van der Waals surface area contributed by atoms with E-state index in [-0.39, 0.29) is 37.8 Å². The van der Waals surface area contributed by atoms with Gasteiger partial charge in [-0.3, -0.25) is 4.79 Å². The topological polar surface area (TPSA) is 127 Å². The number of morpholine rings is 1. The van der Waals surface area contributed by atoms with E-state index in [1.54, 1.807) is 9.58 Å². The predicted molar refractivity (Wildman–Crippen MR) is 144 cm³/mol. The molecule has 0 spiro atoms. The first-order valence-corrected chi connectivity index (χ1v) is 14.6. The molecule has 204 valence electrons. The maximum absolute atomic E-state index is 13.3. The number of carbonyl (C=O) groups is 1. The van der Waals surface area contributed by atoms with Gasteiger partial charge in [-0.1, -0.05) is 23.8 Å². The van der Waals surface area contributed by atoms with Crippen LogP contribution < -0.4 is 4.90 Å². The number of benzene rings is 1. The highest BCUT2D eigenvalue weighted by Gasteiger charge is 2.30. The van der Waals surface area contributed by atoms with Crippen LogP contribution in [0.2, 0.25) is 0 Å². The number of carbonyl (C=O) groups excluding carboxylic acids is 1. The Balaban J connectivity index is 1.35. The first-order chi connectivity index (χ1) is 18.8. The lowest BCUT2D eigenvalue weighted by atomic mass is 10.1. The predicted octanol–water partition coefficient (Wildman–Crippen LogP) is 1.94. The number of rotatable bonds is 5. The molecular formula is C26H29N7O5S. The van der Waals surface area contributed by atoms with Crippen LogP contribution in [0.1, 0.15) is 16.2 Å². The van der Waals surface area contributed by atoms with Gasteiger partial charge in [-0.2, -0.15) is 14.4 Å². The van der Waals surface area contributed by atoms with E-state index in [1.165, 1.54) is 10.6 Å². The SMILES string of the molecule is Cc1cccc(-c2ccn(-c3cc(N4CCOCC4)c4nc(C(=O)N5CCN(S(C)(=O)=O)CC5)oc4n3)n2)c1. The Morgan fingerprint density at radius 1 is 0.974 bits per heavy atom. The Kier molecular flexibility index (Phi) is 6.57. The number of nitrogens with zero attached hydrogens (tertiary/aromatic N) is 7. The van der Waals surface area contributed by atoms with Gasteiger partial charge in [-0.15, -0.1) is 0 Å². The lowest BCUT2D eigenvalue weighted by Crippen LogP contribution is -2.50. The van der Waals surface area contributed by atoms with Crippen LogP contribution in [0.5, 0.6) is 0 Å². The summed E-state index contributed by atoms with van der Waals surface area (Å²) in [4.78, 5) is 26.2.